The van der Waals surface area contributed by atoms with Gasteiger partial charge in [0.25, 0.3) is 5.91 Å². The molecule has 0 aromatic heterocycles. The topological polar surface area (TPSA) is 38.3 Å². The Balaban J connectivity index is 2.80. The number of carbonyl (C=O) groups excluding carboxylic acids is 1. The van der Waals surface area contributed by atoms with E-state index >= 15 is 0 Å². The van der Waals surface area contributed by atoms with Crippen molar-refractivity contribution in [3.05, 3.63) is 29.8 Å². The van der Waals surface area contributed by atoms with Gasteiger partial charge >= 0.3 is 6.61 Å². The minimum Gasteiger partial charge on any atom is -0.434 e. The number of nitrogens with one attached hydrogen (secondary N) is 1. The lowest BCUT2D eigenvalue weighted by Crippen LogP contribution is -2.38. The number of hydrogen-bond acceptors (Lipinski definition) is 2. The van der Waals surface area contributed by atoms with Crippen molar-refractivity contribution in [2.45, 2.75) is 33.3 Å². The fourth-order valence-electron chi connectivity index (χ4n) is 1.95. The fraction of sp³-hybridized carbons (Fsp3) is 0.533. The van der Waals surface area contributed by atoms with Crippen LogP contribution < -0.4 is 10.1 Å². The molecule has 1 amide bonds. The first kappa shape index (κ1) is 17.9. The van der Waals surface area contributed by atoms with Gasteiger partial charge in [-0.2, -0.15) is 8.78 Å². The predicted molar refractivity (Wildman–Crippen MR) is 82.2 cm³/mol. The minimum atomic E-state index is -2.95. The van der Waals surface area contributed by atoms with Crippen molar-refractivity contribution in [3.63, 3.8) is 0 Å². The van der Waals surface area contributed by atoms with Crippen molar-refractivity contribution in [3.8, 4) is 5.75 Å². The molecule has 0 heterocycles. The van der Waals surface area contributed by atoms with Crippen LogP contribution in [0, 0.1) is 5.41 Å². The van der Waals surface area contributed by atoms with Gasteiger partial charge in [-0.05, 0) is 30.4 Å². The van der Waals surface area contributed by atoms with Crippen LogP contribution in [0.15, 0.2) is 24.3 Å². The molecule has 118 valence electrons. The van der Waals surface area contributed by atoms with E-state index in [1.165, 1.54) is 12.1 Å². The third kappa shape index (κ3) is 4.95. The van der Waals surface area contributed by atoms with Crippen LogP contribution in [-0.4, -0.2) is 24.4 Å². The SMILES string of the molecule is CCC(CC)(CBr)CNC(=O)c1ccccc1OC(F)F. The van der Waals surface area contributed by atoms with E-state index in [9.17, 15) is 13.6 Å². The highest BCUT2D eigenvalue weighted by Gasteiger charge is 2.26. The number of ether oxygens (including phenoxy) is 1. The Morgan fingerprint density at radius 1 is 1.33 bits per heavy atom. The van der Waals surface area contributed by atoms with Gasteiger partial charge in [-0.15, -0.1) is 0 Å². The summed E-state index contributed by atoms with van der Waals surface area (Å²) in [5.41, 5.74) is 0.0854. The van der Waals surface area contributed by atoms with Gasteiger partial charge in [0.05, 0.1) is 5.56 Å². The van der Waals surface area contributed by atoms with Crippen molar-refractivity contribution in [1.29, 1.82) is 0 Å². The summed E-state index contributed by atoms with van der Waals surface area (Å²) in [5, 5.41) is 3.58. The van der Waals surface area contributed by atoms with Crippen LogP contribution in [0.2, 0.25) is 0 Å². The zero-order valence-electron chi connectivity index (χ0n) is 12.2. The molecule has 0 saturated heterocycles. The van der Waals surface area contributed by atoms with Gasteiger partial charge in [-0.25, -0.2) is 0 Å². The number of halogens is 3. The first-order chi connectivity index (χ1) is 9.98. The van der Waals surface area contributed by atoms with Gasteiger partial charge in [0.2, 0.25) is 0 Å². The van der Waals surface area contributed by atoms with E-state index in [-0.39, 0.29) is 16.7 Å². The van der Waals surface area contributed by atoms with Crippen LogP contribution in [0.5, 0.6) is 5.75 Å². The maximum atomic E-state index is 12.3. The largest absolute Gasteiger partial charge is 0.434 e. The molecule has 0 radical (unpaired) electrons. The van der Waals surface area contributed by atoms with Gasteiger partial charge < -0.3 is 10.1 Å². The Bertz CT molecular complexity index is 456. The predicted octanol–water partition coefficient (Wildman–Crippen LogP) is 4.22. The van der Waals surface area contributed by atoms with Crippen LogP contribution in [0.3, 0.4) is 0 Å². The number of carbonyl (C=O) groups is 1. The molecule has 0 atom stereocenters. The molecule has 3 nitrogen and oxygen atoms in total. The van der Waals surface area contributed by atoms with E-state index in [0.29, 0.717) is 6.54 Å². The lowest BCUT2D eigenvalue weighted by molar-refractivity contribution is -0.0501. The van der Waals surface area contributed by atoms with Crippen molar-refractivity contribution in [1.82, 2.24) is 5.32 Å². The highest BCUT2D eigenvalue weighted by Crippen LogP contribution is 2.28. The van der Waals surface area contributed by atoms with E-state index in [0.717, 1.165) is 18.2 Å². The van der Waals surface area contributed by atoms with E-state index in [4.69, 9.17) is 0 Å². The molecule has 0 aliphatic rings. The van der Waals surface area contributed by atoms with Crippen LogP contribution in [0.1, 0.15) is 37.0 Å². The molecular formula is C15H20BrF2NO2. The Hall–Kier alpha value is -1.17. The zero-order chi connectivity index (χ0) is 15.9. The number of rotatable bonds is 8. The Labute approximate surface area is 132 Å². The molecular weight excluding hydrogens is 344 g/mol. The number of benzene rings is 1. The maximum Gasteiger partial charge on any atom is 0.387 e. The quantitative estimate of drug-likeness (QED) is 0.702. The van der Waals surface area contributed by atoms with Gasteiger partial charge in [0.1, 0.15) is 5.75 Å². The summed E-state index contributed by atoms with van der Waals surface area (Å²) in [4.78, 5) is 12.2. The summed E-state index contributed by atoms with van der Waals surface area (Å²) < 4.78 is 29.1. The number of alkyl halides is 3. The van der Waals surface area contributed by atoms with Crippen molar-refractivity contribution in [2.75, 3.05) is 11.9 Å². The van der Waals surface area contributed by atoms with Crippen LogP contribution in [0.4, 0.5) is 8.78 Å². The van der Waals surface area contributed by atoms with Crippen molar-refractivity contribution >= 4 is 21.8 Å². The van der Waals surface area contributed by atoms with Gasteiger partial charge in [0.15, 0.2) is 0 Å². The molecule has 1 N–H and O–H groups in total. The zero-order valence-corrected chi connectivity index (χ0v) is 13.8. The normalized spacial score (nSPS) is 11.5. The fourth-order valence-corrected chi connectivity index (χ4v) is 2.94. The lowest BCUT2D eigenvalue weighted by Gasteiger charge is -2.29. The number of para-hydroxylation sites is 1. The Kier molecular flexibility index (Phi) is 7.08. The highest BCUT2D eigenvalue weighted by molar-refractivity contribution is 9.09. The molecule has 0 saturated carbocycles. The number of hydrogen-bond donors (Lipinski definition) is 1. The molecule has 1 rings (SSSR count). The highest BCUT2D eigenvalue weighted by atomic mass is 79.9. The molecule has 0 aliphatic carbocycles. The smallest absolute Gasteiger partial charge is 0.387 e. The molecule has 0 bridgehead atoms. The van der Waals surface area contributed by atoms with E-state index < -0.39 is 12.5 Å². The molecule has 0 aliphatic heterocycles. The van der Waals surface area contributed by atoms with Gasteiger partial charge in [-0.3, -0.25) is 4.79 Å². The van der Waals surface area contributed by atoms with Gasteiger partial charge in [0, 0.05) is 11.9 Å². The molecule has 0 spiro atoms. The first-order valence-electron chi connectivity index (χ1n) is 6.86. The molecule has 0 unspecified atom stereocenters. The average molecular weight is 364 g/mol. The Morgan fingerprint density at radius 2 is 1.95 bits per heavy atom. The van der Waals surface area contributed by atoms with Crippen LogP contribution in [-0.2, 0) is 0 Å². The van der Waals surface area contributed by atoms with Gasteiger partial charge in [-0.1, -0.05) is 41.9 Å². The third-order valence-electron chi connectivity index (χ3n) is 3.76. The minimum absolute atomic E-state index is 0.0336. The number of amides is 1. The Morgan fingerprint density at radius 3 is 2.48 bits per heavy atom. The van der Waals surface area contributed by atoms with Crippen molar-refractivity contribution < 1.29 is 18.3 Å². The summed E-state index contributed by atoms with van der Waals surface area (Å²) in [6, 6.07) is 6.00. The first-order valence-corrected chi connectivity index (χ1v) is 7.98. The monoisotopic (exact) mass is 363 g/mol. The molecule has 6 heteroatoms. The van der Waals surface area contributed by atoms with E-state index in [1.807, 2.05) is 0 Å². The maximum absolute atomic E-state index is 12.3. The summed E-state index contributed by atoms with van der Waals surface area (Å²) in [6.07, 6.45) is 1.81. The second-order valence-corrected chi connectivity index (χ2v) is 5.46. The molecule has 21 heavy (non-hydrogen) atoms. The van der Waals surface area contributed by atoms with Crippen LogP contribution >= 0.6 is 15.9 Å². The molecule has 1 aromatic rings. The molecule has 1 aromatic carbocycles. The van der Waals surface area contributed by atoms with Crippen molar-refractivity contribution in [2.24, 2.45) is 5.41 Å². The summed E-state index contributed by atoms with van der Waals surface area (Å²) in [7, 11) is 0. The third-order valence-corrected chi connectivity index (χ3v) is 4.94. The second-order valence-electron chi connectivity index (χ2n) is 4.90. The summed E-state index contributed by atoms with van der Waals surface area (Å²) >= 11 is 3.47. The average Bonchev–Trinajstić information content (AvgIpc) is 2.49. The molecule has 0 fully saturated rings. The standard InChI is InChI=1S/C15H20BrF2NO2/c1-3-15(4-2,9-16)10-19-13(20)11-7-5-6-8-12(11)21-14(17)18/h5-8,14H,3-4,9-10H2,1-2H3,(H,19,20). The lowest BCUT2D eigenvalue weighted by atomic mass is 9.84. The van der Waals surface area contributed by atoms with E-state index in [1.54, 1.807) is 12.1 Å². The summed E-state index contributed by atoms with van der Waals surface area (Å²) in [6.45, 7) is 1.65. The van der Waals surface area contributed by atoms with E-state index in [2.05, 4.69) is 39.8 Å². The second kappa shape index (κ2) is 8.32. The van der Waals surface area contributed by atoms with Crippen LogP contribution in [0.25, 0.3) is 0 Å². The summed E-state index contributed by atoms with van der Waals surface area (Å²) in [5.74, 6) is -0.513.